The van der Waals surface area contributed by atoms with E-state index in [9.17, 15) is 0 Å². The number of pyridine rings is 1. The molecule has 1 heterocycles. The van der Waals surface area contributed by atoms with Gasteiger partial charge in [0.2, 0.25) is 0 Å². The third-order valence-corrected chi connectivity index (χ3v) is 2.58. The fourth-order valence-electron chi connectivity index (χ4n) is 1.68. The molecule has 0 aliphatic heterocycles. The maximum absolute atomic E-state index is 8.74. The highest BCUT2D eigenvalue weighted by Crippen LogP contribution is 2.03. The van der Waals surface area contributed by atoms with Crippen LogP contribution in [0.5, 0.6) is 0 Å². The van der Waals surface area contributed by atoms with E-state index in [1.54, 1.807) is 6.07 Å². The number of aromatic nitrogens is 1. The summed E-state index contributed by atoms with van der Waals surface area (Å²) in [4.78, 5) is 6.56. The van der Waals surface area contributed by atoms with Crippen LogP contribution in [0, 0.1) is 11.3 Å². The van der Waals surface area contributed by atoms with Gasteiger partial charge in [-0.25, -0.2) is 4.98 Å². The molecular formula is C13H20N4. The van der Waals surface area contributed by atoms with Crippen molar-refractivity contribution in [1.82, 2.24) is 9.88 Å². The van der Waals surface area contributed by atoms with Gasteiger partial charge >= 0.3 is 0 Å². The van der Waals surface area contributed by atoms with Crippen LogP contribution >= 0.6 is 0 Å². The Morgan fingerprint density at radius 1 is 1.35 bits per heavy atom. The SMILES string of the molecule is CCCN(CC)CCNc1cccc(C#N)n1. The minimum absolute atomic E-state index is 0.455. The van der Waals surface area contributed by atoms with E-state index in [0.29, 0.717) is 5.69 Å². The van der Waals surface area contributed by atoms with Crippen molar-refractivity contribution in [2.45, 2.75) is 20.3 Å². The molecule has 0 aliphatic rings. The van der Waals surface area contributed by atoms with E-state index in [2.05, 4.69) is 29.0 Å². The molecule has 17 heavy (non-hydrogen) atoms. The quantitative estimate of drug-likeness (QED) is 0.782. The number of likely N-dealkylation sites (N-methyl/N-ethyl adjacent to an activating group) is 1. The van der Waals surface area contributed by atoms with Crippen molar-refractivity contribution < 1.29 is 0 Å². The van der Waals surface area contributed by atoms with Gasteiger partial charge in [-0.2, -0.15) is 5.26 Å². The third-order valence-electron chi connectivity index (χ3n) is 2.58. The standard InChI is InChI=1S/C13H20N4/c1-3-9-17(4-2)10-8-15-13-7-5-6-12(11-14)16-13/h5-7H,3-4,8-10H2,1-2H3,(H,15,16). The summed E-state index contributed by atoms with van der Waals surface area (Å²) in [5, 5.41) is 12.0. The Bertz CT molecular complexity index is 370. The van der Waals surface area contributed by atoms with E-state index in [-0.39, 0.29) is 0 Å². The van der Waals surface area contributed by atoms with E-state index >= 15 is 0 Å². The lowest BCUT2D eigenvalue weighted by molar-refractivity contribution is 0.300. The van der Waals surface area contributed by atoms with Crippen molar-refractivity contribution in [2.24, 2.45) is 0 Å². The van der Waals surface area contributed by atoms with Crippen LogP contribution in [0.2, 0.25) is 0 Å². The normalized spacial score (nSPS) is 10.2. The van der Waals surface area contributed by atoms with Crippen LogP contribution in [0.25, 0.3) is 0 Å². The smallest absolute Gasteiger partial charge is 0.142 e. The maximum Gasteiger partial charge on any atom is 0.142 e. The Kier molecular flexibility index (Phi) is 6.05. The molecule has 0 saturated carbocycles. The Balaban J connectivity index is 2.37. The Labute approximate surface area is 103 Å². The van der Waals surface area contributed by atoms with Crippen molar-refractivity contribution in [2.75, 3.05) is 31.5 Å². The first-order chi connectivity index (χ1) is 8.30. The summed E-state index contributed by atoms with van der Waals surface area (Å²) in [5.74, 6) is 0.775. The number of anilines is 1. The highest BCUT2D eigenvalue weighted by atomic mass is 15.1. The average Bonchev–Trinajstić information content (AvgIpc) is 2.38. The highest BCUT2D eigenvalue weighted by molar-refractivity contribution is 5.38. The zero-order chi connectivity index (χ0) is 12.5. The van der Waals surface area contributed by atoms with Crippen LogP contribution in [0.1, 0.15) is 26.0 Å². The number of hydrogen-bond acceptors (Lipinski definition) is 4. The van der Waals surface area contributed by atoms with Crippen LogP contribution in [0.15, 0.2) is 18.2 Å². The molecule has 0 amide bonds. The lowest BCUT2D eigenvalue weighted by atomic mass is 10.3. The summed E-state index contributed by atoms with van der Waals surface area (Å²) >= 11 is 0. The van der Waals surface area contributed by atoms with Gasteiger partial charge in [0.25, 0.3) is 0 Å². The number of nitrogens with zero attached hydrogens (tertiary/aromatic N) is 3. The summed E-state index contributed by atoms with van der Waals surface area (Å²) in [6.45, 7) is 8.42. The van der Waals surface area contributed by atoms with Gasteiger partial charge in [0, 0.05) is 13.1 Å². The molecule has 0 unspecified atom stereocenters. The van der Waals surface area contributed by atoms with E-state index < -0.39 is 0 Å². The molecule has 0 aliphatic carbocycles. The Morgan fingerprint density at radius 2 is 2.18 bits per heavy atom. The van der Waals surface area contributed by atoms with Crippen molar-refractivity contribution in [3.05, 3.63) is 23.9 Å². The third kappa shape index (κ3) is 4.83. The molecule has 0 saturated heterocycles. The van der Waals surface area contributed by atoms with Gasteiger partial charge in [0.15, 0.2) is 0 Å². The van der Waals surface area contributed by atoms with Crippen molar-refractivity contribution in [3.8, 4) is 6.07 Å². The minimum Gasteiger partial charge on any atom is -0.369 e. The molecular weight excluding hydrogens is 212 g/mol. The lowest BCUT2D eigenvalue weighted by Gasteiger charge is -2.19. The van der Waals surface area contributed by atoms with Gasteiger partial charge in [0.05, 0.1) is 0 Å². The van der Waals surface area contributed by atoms with Gasteiger partial charge < -0.3 is 10.2 Å². The number of nitriles is 1. The number of rotatable bonds is 7. The number of nitrogens with one attached hydrogen (secondary N) is 1. The molecule has 1 aromatic heterocycles. The molecule has 0 fully saturated rings. The number of hydrogen-bond donors (Lipinski definition) is 1. The van der Waals surface area contributed by atoms with Crippen LogP contribution in [-0.4, -0.2) is 36.1 Å². The topological polar surface area (TPSA) is 52.0 Å². The molecule has 4 heteroatoms. The van der Waals surface area contributed by atoms with Crippen LogP contribution in [0.4, 0.5) is 5.82 Å². The van der Waals surface area contributed by atoms with Crippen LogP contribution < -0.4 is 5.32 Å². The summed E-state index contributed by atoms with van der Waals surface area (Å²) in [7, 11) is 0. The molecule has 1 rings (SSSR count). The summed E-state index contributed by atoms with van der Waals surface area (Å²) in [6.07, 6.45) is 1.18. The molecule has 92 valence electrons. The van der Waals surface area contributed by atoms with Gasteiger partial charge in [-0.1, -0.05) is 19.9 Å². The molecule has 0 aromatic carbocycles. The molecule has 0 spiro atoms. The van der Waals surface area contributed by atoms with Crippen molar-refractivity contribution in [1.29, 1.82) is 5.26 Å². The van der Waals surface area contributed by atoms with Crippen molar-refractivity contribution >= 4 is 5.82 Å². The fraction of sp³-hybridized carbons (Fsp3) is 0.538. The first-order valence-corrected chi connectivity index (χ1v) is 6.13. The largest absolute Gasteiger partial charge is 0.369 e. The van der Waals surface area contributed by atoms with E-state index in [0.717, 1.165) is 32.0 Å². The predicted molar refractivity (Wildman–Crippen MR) is 69.8 cm³/mol. The van der Waals surface area contributed by atoms with E-state index in [1.165, 1.54) is 6.42 Å². The highest BCUT2D eigenvalue weighted by Gasteiger charge is 2.00. The van der Waals surface area contributed by atoms with E-state index in [1.807, 2.05) is 18.2 Å². The zero-order valence-electron chi connectivity index (χ0n) is 10.6. The van der Waals surface area contributed by atoms with Gasteiger partial charge in [-0.15, -0.1) is 0 Å². The van der Waals surface area contributed by atoms with Crippen LogP contribution in [0.3, 0.4) is 0 Å². The monoisotopic (exact) mass is 232 g/mol. The molecule has 4 nitrogen and oxygen atoms in total. The van der Waals surface area contributed by atoms with Gasteiger partial charge in [-0.05, 0) is 31.6 Å². The fourth-order valence-corrected chi connectivity index (χ4v) is 1.68. The maximum atomic E-state index is 8.74. The molecule has 0 radical (unpaired) electrons. The first-order valence-electron chi connectivity index (χ1n) is 6.13. The molecule has 1 N–H and O–H groups in total. The Hall–Kier alpha value is -1.60. The minimum atomic E-state index is 0.455. The second-order valence-corrected chi connectivity index (χ2v) is 3.88. The first kappa shape index (κ1) is 13.5. The van der Waals surface area contributed by atoms with Crippen LogP contribution in [-0.2, 0) is 0 Å². The summed E-state index contributed by atoms with van der Waals surface area (Å²) in [6, 6.07) is 7.48. The second kappa shape index (κ2) is 7.64. The second-order valence-electron chi connectivity index (χ2n) is 3.88. The Morgan fingerprint density at radius 3 is 2.82 bits per heavy atom. The summed E-state index contributed by atoms with van der Waals surface area (Å²) < 4.78 is 0. The molecule has 0 atom stereocenters. The van der Waals surface area contributed by atoms with E-state index in [4.69, 9.17) is 5.26 Å². The average molecular weight is 232 g/mol. The summed E-state index contributed by atoms with van der Waals surface area (Å²) in [5.41, 5.74) is 0.455. The van der Waals surface area contributed by atoms with Gasteiger partial charge in [-0.3, -0.25) is 0 Å². The lowest BCUT2D eigenvalue weighted by Crippen LogP contribution is -2.29. The molecule has 0 bridgehead atoms. The van der Waals surface area contributed by atoms with Crippen molar-refractivity contribution in [3.63, 3.8) is 0 Å². The molecule has 1 aromatic rings. The van der Waals surface area contributed by atoms with Gasteiger partial charge in [0.1, 0.15) is 17.6 Å². The zero-order valence-corrected chi connectivity index (χ0v) is 10.6. The predicted octanol–water partition coefficient (Wildman–Crippen LogP) is 2.10.